The number of aryl methyl sites for hydroxylation is 3. The largest absolute Gasteiger partial charge is 0.464 e. The molecular weight excluding hydrogens is 324 g/mol. The molecule has 3 aromatic rings. The van der Waals surface area contributed by atoms with Crippen LogP contribution in [0.5, 0.6) is 0 Å². The van der Waals surface area contributed by atoms with Gasteiger partial charge in [-0.1, -0.05) is 0 Å². The summed E-state index contributed by atoms with van der Waals surface area (Å²) in [4.78, 5) is 25.7. The number of fused-ring (bicyclic) bond motifs is 1. The summed E-state index contributed by atoms with van der Waals surface area (Å²) in [7, 11) is 0. The van der Waals surface area contributed by atoms with E-state index in [1.807, 2.05) is 39.0 Å². The average Bonchev–Trinajstić information content (AvgIpc) is 3.13. The van der Waals surface area contributed by atoms with E-state index in [4.69, 9.17) is 9.15 Å². The lowest BCUT2D eigenvalue weighted by atomic mass is 10.0. The van der Waals surface area contributed by atoms with Crippen LogP contribution in [0, 0.1) is 20.8 Å². The number of Topliss-reactive ketones (excluding diaryl/α,β-unsaturated/α-hetero) is 1. The van der Waals surface area contributed by atoms with Crippen molar-refractivity contribution in [3.8, 4) is 0 Å². The van der Waals surface area contributed by atoms with Gasteiger partial charge in [0.25, 0.3) is 0 Å². The first-order valence-electron chi connectivity index (χ1n) is 7.66. The monoisotopic (exact) mass is 342 g/mol. The van der Waals surface area contributed by atoms with E-state index in [0.29, 0.717) is 4.88 Å². The fourth-order valence-corrected chi connectivity index (χ4v) is 3.27. The molecule has 0 spiro atoms. The van der Waals surface area contributed by atoms with Crippen molar-refractivity contribution >= 4 is 34.1 Å². The number of esters is 1. The average molecular weight is 342 g/mol. The Hall–Kier alpha value is -2.40. The number of carbonyl (C=O) groups is 2. The molecule has 0 atom stereocenters. The Bertz CT molecular complexity index is 917. The molecule has 0 aliphatic carbocycles. The van der Waals surface area contributed by atoms with E-state index < -0.39 is 5.97 Å². The van der Waals surface area contributed by atoms with Gasteiger partial charge in [0.1, 0.15) is 5.58 Å². The number of thiophene rings is 1. The predicted octanol–water partition coefficient (Wildman–Crippen LogP) is 4.39. The second-order valence-corrected chi connectivity index (χ2v) is 7.15. The van der Waals surface area contributed by atoms with Crippen LogP contribution in [0.3, 0.4) is 0 Å². The van der Waals surface area contributed by atoms with Crippen LogP contribution in [0.15, 0.2) is 34.9 Å². The number of hydrogen-bond donors (Lipinski definition) is 0. The summed E-state index contributed by atoms with van der Waals surface area (Å²) in [5.74, 6) is -0.609. The molecule has 2 aromatic heterocycles. The maximum absolute atomic E-state index is 12.0. The lowest BCUT2D eigenvalue weighted by Gasteiger charge is -2.03. The quantitative estimate of drug-likeness (QED) is 0.510. The maximum Gasteiger partial charge on any atom is 0.310 e. The van der Waals surface area contributed by atoms with Crippen LogP contribution in [0.1, 0.15) is 31.2 Å². The van der Waals surface area contributed by atoms with Gasteiger partial charge < -0.3 is 9.15 Å². The zero-order chi connectivity index (χ0) is 17.3. The van der Waals surface area contributed by atoms with Crippen molar-refractivity contribution in [1.82, 2.24) is 0 Å². The second kappa shape index (κ2) is 6.61. The Balaban J connectivity index is 1.65. The van der Waals surface area contributed by atoms with Gasteiger partial charge in [0, 0.05) is 15.8 Å². The molecule has 124 valence electrons. The molecule has 1 aromatic carbocycles. The van der Waals surface area contributed by atoms with Crippen molar-refractivity contribution in [3.05, 3.63) is 57.0 Å². The molecule has 0 amide bonds. The van der Waals surface area contributed by atoms with Crippen molar-refractivity contribution in [3.63, 3.8) is 0 Å². The summed E-state index contributed by atoms with van der Waals surface area (Å²) < 4.78 is 10.6. The minimum atomic E-state index is -0.433. The van der Waals surface area contributed by atoms with Crippen LogP contribution in [0.4, 0.5) is 0 Å². The van der Waals surface area contributed by atoms with Gasteiger partial charge in [0.05, 0.1) is 17.6 Å². The highest BCUT2D eigenvalue weighted by Gasteiger charge is 2.15. The highest BCUT2D eigenvalue weighted by Crippen LogP contribution is 2.25. The number of rotatable bonds is 5. The fraction of sp³-hybridized carbons (Fsp3) is 0.263. The van der Waals surface area contributed by atoms with E-state index in [1.54, 1.807) is 12.3 Å². The molecule has 0 aliphatic rings. The van der Waals surface area contributed by atoms with Crippen LogP contribution in [-0.2, 0) is 16.0 Å². The zero-order valence-electron chi connectivity index (χ0n) is 13.8. The van der Waals surface area contributed by atoms with Gasteiger partial charge in [-0.25, -0.2) is 0 Å². The molecular formula is C19H18O4S. The van der Waals surface area contributed by atoms with E-state index in [-0.39, 0.29) is 18.8 Å². The van der Waals surface area contributed by atoms with E-state index in [9.17, 15) is 9.59 Å². The van der Waals surface area contributed by atoms with Gasteiger partial charge in [0.2, 0.25) is 5.78 Å². The van der Waals surface area contributed by atoms with Gasteiger partial charge in [-0.2, -0.15) is 0 Å². The minimum Gasteiger partial charge on any atom is -0.464 e. The lowest BCUT2D eigenvalue weighted by Crippen LogP contribution is -2.14. The first kappa shape index (κ1) is 16.5. The lowest BCUT2D eigenvalue weighted by molar-refractivity contribution is -0.141. The summed E-state index contributed by atoms with van der Waals surface area (Å²) in [5.41, 5.74) is 3.81. The smallest absolute Gasteiger partial charge is 0.310 e. The van der Waals surface area contributed by atoms with Gasteiger partial charge in [-0.05, 0) is 56.2 Å². The molecule has 0 saturated carbocycles. The number of ketones is 1. The Labute approximate surface area is 144 Å². The Morgan fingerprint density at radius 1 is 1.12 bits per heavy atom. The molecule has 0 N–H and O–H groups in total. The van der Waals surface area contributed by atoms with Crippen molar-refractivity contribution in [2.24, 2.45) is 0 Å². The Morgan fingerprint density at radius 3 is 2.58 bits per heavy atom. The minimum absolute atomic E-state index is 0.0895. The van der Waals surface area contributed by atoms with E-state index in [2.05, 4.69) is 0 Å². The van der Waals surface area contributed by atoms with Gasteiger partial charge in [-0.15, -0.1) is 11.3 Å². The van der Waals surface area contributed by atoms with Crippen molar-refractivity contribution in [1.29, 1.82) is 0 Å². The van der Waals surface area contributed by atoms with Crippen molar-refractivity contribution in [2.45, 2.75) is 27.2 Å². The topological polar surface area (TPSA) is 56.5 Å². The Morgan fingerprint density at radius 2 is 1.88 bits per heavy atom. The second-order valence-electron chi connectivity index (χ2n) is 5.86. The van der Waals surface area contributed by atoms with Crippen molar-refractivity contribution in [2.75, 3.05) is 6.61 Å². The molecule has 0 fully saturated rings. The van der Waals surface area contributed by atoms with Crippen molar-refractivity contribution < 1.29 is 18.7 Å². The van der Waals surface area contributed by atoms with Gasteiger partial charge in [-0.3, -0.25) is 9.59 Å². The van der Waals surface area contributed by atoms with Gasteiger partial charge >= 0.3 is 5.97 Å². The van der Waals surface area contributed by atoms with E-state index in [0.717, 1.165) is 32.5 Å². The summed E-state index contributed by atoms with van der Waals surface area (Å²) in [6, 6.07) is 7.60. The number of furan rings is 1. The van der Waals surface area contributed by atoms with Crippen LogP contribution < -0.4 is 0 Å². The third-order valence-corrected chi connectivity index (χ3v) is 5.03. The first-order valence-corrected chi connectivity index (χ1v) is 8.48. The van der Waals surface area contributed by atoms with E-state index >= 15 is 0 Å². The van der Waals surface area contributed by atoms with Gasteiger partial charge in [0.15, 0.2) is 6.61 Å². The number of ether oxygens (including phenoxy) is 1. The fourth-order valence-electron chi connectivity index (χ4n) is 2.48. The molecule has 24 heavy (non-hydrogen) atoms. The number of benzene rings is 1. The SMILES string of the molecule is Cc1ccc(C(=O)COC(=O)Cc2coc3cc(C)c(C)cc23)s1. The summed E-state index contributed by atoms with van der Waals surface area (Å²) >= 11 is 1.40. The van der Waals surface area contributed by atoms with E-state index in [1.165, 1.54) is 11.3 Å². The van der Waals surface area contributed by atoms with Crippen LogP contribution in [-0.4, -0.2) is 18.4 Å². The standard InChI is InChI=1S/C19H18O4S/c1-11-6-15-14(9-22-17(15)7-12(11)2)8-19(21)23-10-16(20)18-5-4-13(3)24-18/h4-7,9H,8,10H2,1-3H3. The molecule has 0 aliphatic heterocycles. The molecule has 0 bridgehead atoms. The van der Waals surface area contributed by atoms with Crippen LogP contribution >= 0.6 is 11.3 Å². The highest BCUT2D eigenvalue weighted by atomic mass is 32.1. The predicted molar refractivity (Wildman–Crippen MR) is 93.7 cm³/mol. The first-order chi connectivity index (χ1) is 11.4. The maximum atomic E-state index is 12.0. The zero-order valence-corrected chi connectivity index (χ0v) is 14.7. The third kappa shape index (κ3) is 3.41. The molecule has 2 heterocycles. The van der Waals surface area contributed by atoms with Crippen LogP contribution in [0.25, 0.3) is 11.0 Å². The molecule has 0 radical (unpaired) electrons. The summed E-state index contributed by atoms with van der Waals surface area (Å²) in [5, 5.41) is 0.912. The number of hydrogen-bond acceptors (Lipinski definition) is 5. The molecule has 0 unspecified atom stereocenters. The Kier molecular flexibility index (Phi) is 4.53. The summed E-state index contributed by atoms with van der Waals surface area (Å²) in [6.07, 6.45) is 1.67. The normalized spacial score (nSPS) is 11.0. The molecule has 0 saturated heterocycles. The molecule has 3 rings (SSSR count). The van der Waals surface area contributed by atoms with Crippen LogP contribution in [0.2, 0.25) is 0 Å². The highest BCUT2D eigenvalue weighted by molar-refractivity contribution is 7.14. The summed E-state index contributed by atoms with van der Waals surface area (Å²) in [6.45, 7) is 5.74. The molecule has 4 nitrogen and oxygen atoms in total. The molecule has 5 heteroatoms. The third-order valence-electron chi connectivity index (χ3n) is 3.98. The number of carbonyl (C=O) groups excluding carboxylic acids is 2.